The fourth-order valence-electron chi connectivity index (χ4n) is 13.0. The molecule has 0 bridgehead atoms. The van der Waals surface area contributed by atoms with Crippen LogP contribution in [0.4, 0.5) is 0 Å². The van der Waals surface area contributed by atoms with Crippen molar-refractivity contribution in [2.24, 2.45) is 0 Å². The van der Waals surface area contributed by atoms with E-state index in [0.717, 1.165) is 128 Å². The van der Waals surface area contributed by atoms with Crippen LogP contribution in [0.15, 0.2) is 0 Å². The minimum atomic E-state index is -2.01. The third-order valence-electron chi connectivity index (χ3n) is 18.7. The lowest BCUT2D eigenvalue weighted by molar-refractivity contribution is -0.400. The molecule has 25 heteroatoms. The number of aliphatic hydroxyl groups excluding tert-OH is 9. The number of aliphatic hydroxyl groups is 9. The van der Waals surface area contributed by atoms with Crippen LogP contribution in [0.1, 0.15) is 235 Å². The first kappa shape index (κ1) is 77.7. The normalized spacial score (nSPS) is 40.0. The first-order valence-electron chi connectivity index (χ1n) is 34.9. The Morgan fingerprint density at radius 2 is 0.901 bits per heavy atom. The molecule has 25 nitrogen and oxygen atoms in total. The van der Waals surface area contributed by atoms with Gasteiger partial charge in [0, 0.05) is 19.3 Å². The van der Waals surface area contributed by atoms with Crippen molar-refractivity contribution in [3.63, 3.8) is 0 Å². The maximum absolute atomic E-state index is 14.3. The molecule has 0 aromatic heterocycles. The van der Waals surface area contributed by atoms with Crippen LogP contribution in [0.25, 0.3) is 0 Å². The van der Waals surface area contributed by atoms with E-state index in [9.17, 15) is 60.3 Å². The van der Waals surface area contributed by atoms with Gasteiger partial charge in [-0.1, -0.05) is 156 Å². The van der Waals surface area contributed by atoms with Gasteiger partial charge < -0.3 is 108 Å². The minimum absolute atomic E-state index is 0.0354. The van der Waals surface area contributed by atoms with Gasteiger partial charge in [-0.3, -0.25) is 14.4 Å². The molecule has 0 amide bonds. The summed E-state index contributed by atoms with van der Waals surface area (Å²) < 4.78 is 82.4. The van der Waals surface area contributed by atoms with Crippen molar-refractivity contribution < 1.29 is 122 Å². The number of rotatable bonds is 29. The Balaban J connectivity index is 1.32. The van der Waals surface area contributed by atoms with Gasteiger partial charge in [0.1, 0.15) is 79.4 Å². The van der Waals surface area contributed by atoms with Gasteiger partial charge in [0.2, 0.25) is 0 Å². The summed E-state index contributed by atoms with van der Waals surface area (Å²) in [4.78, 5) is 41.4. The predicted molar refractivity (Wildman–Crippen MR) is 326 cm³/mol. The van der Waals surface area contributed by atoms with Gasteiger partial charge in [0.15, 0.2) is 49.8 Å². The summed E-state index contributed by atoms with van der Waals surface area (Å²) >= 11 is 0. The van der Waals surface area contributed by atoms with E-state index in [2.05, 4.69) is 20.8 Å². The van der Waals surface area contributed by atoms with Crippen LogP contribution in [0.2, 0.25) is 0 Å². The van der Waals surface area contributed by atoms with E-state index in [0.29, 0.717) is 38.5 Å². The highest BCUT2D eigenvalue weighted by Gasteiger charge is 2.59. The molecule has 91 heavy (non-hydrogen) atoms. The number of carbonyl (C=O) groups excluding carboxylic acids is 3. The minimum Gasteiger partial charge on any atom is -0.457 e. The molecule has 6 aliphatic rings. The first-order valence-corrected chi connectivity index (χ1v) is 34.9. The number of carbonyl (C=O) groups is 3. The molecule has 0 aliphatic carbocycles. The zero-order chi connectivity index (χ0) is 66.1. The highest BCUT2D eigenvalue weighted by molar-refractivity contribution is 5.70. The molecule has 0 aromatic rings. The van der Waals surface area contributed by atoms with Crippen LogP contribution in [-0.2, 0) is 76.0 Å². The zero-order valence-corrected chi connectivity index (χ0v) is 55.3. The Labute approximate surface area is 539 Å². The highest BCUT2D eigenvalue weighted by atomic mass is 16.8. The maximum Gasteiger partial charge on any atom is 0.306 e. The molecule has 530 valence electrons. The first-order chi connectivity index (χ1) is 43.7. The van der Waals surface area contributed by atoms with Gasteiger partial charge in [-0.15, -0.1) is 0 Å². The van der Waals surface area contributed by atoms with Crippen LogP contribution >= 0.6 is 0 Å². The fourth-order valence-corrected chi connectivity index (χ4v) is 13.0. The molecule has 6 rings (SSSR count). The van der Waals surface area contributed by atoms with Crippen LogP contribution in [0, 0.1) is 0 Å². The van der Waals surface area contributed by atoms with E-state index < -0.39 is 178 Å². The molecular weight excluding hydrogens is 1190 g/mol. The number of hydrogen-bond acceptors (Lipinski definition) is 25. The molecule has 6 saturated heterocycles. The van der Waals surface area contributed by atoms with Gasteiger partial charge in [0.25, 0.3) is 0 Å². The standard InChI is InChI=1S/C66H116O25/c1-8-11-14-16-19-24-29-34-44(68)85-55-39(5)80-62(53(77)51(55)75)89-57-41(7)82-66(61(87-46(70)36-31-25-20-17-15-12-9-2)60(57)91-63-52(76)49(73)48(72)43(37-67)84-63)88-56-40(6)81-65-59(54(56)78)86-45(69)35-30-26-22-18-21-23-28-33-42(32-27-13-10-3)83-64-58(90-65)50(74)47(71)38(4)79-64/h38-43,47-67,71-78H,8-37H2,1-7H3/t38-,39-,40-,41-,42+,43-,47-,48-,49+,50-,51-,52-,53-,54+,55-,56-,57-,58-,59+,60+,61-,62+,63+,64-,65+,66+/m0/s1. The van der Waals surface area contributed by atoms with Gasteiger partial charge in [-0.25, -0.2) is 0 Å². The van der Waals surface area contributed by atoms with Gasteiger partial charge in [-0.05, 0) is 59.8 Å². The van der Waals surface area contributed by atoms with Crippen LogP contribution in [-0.4, -0.2) is 230 Å². The van der Waals surface area contributed by atoms with Crippen molar-refractivity contribution in [3.8, 4) is 0 Å². The second-order valence-corrected chi connectivity index (χ2v) is 26.3. The summed E-state index contributed by atoms with van der Waals surface area (Å²) in [6, 6.07) is 0. The molecule has 6 fully saturated rings. The summed E-state index contributed by atoms with van der Waals surface area (Å²) in [5.74, 6) is -2.08. The Morgan fingerprint density at radius 3 is 1.53 bits per heavy atom. The molecule has 0 spiro atoms. The molecule has 26 atom stereocenters. The van der Waals surface area contributed by atoms with E-state index in [1.807, 2.05) is 0 Å². The van der Waals surface area contributed by atoms with E-state index in [-0.39, 0.29) is 25.4 Å². The smallest absolute Gasteiger partial charge is 0.306 e. The summed E-state index contributed by atoms with van der Waals surface area (Å²) in [5, 5.41) is 103. The third kappa shape index (κ3) is 23.2. The topological polar surface area (TPSA) is 353 Å². The molecule has 6 aliphatic heterocycles. The monoisotopic (exact) mass is 1310 g/mol. The van der Waals surface area contributed by atoms with Crippen molar-refractivity contribution >= 4 is 17.9 Å². The molecular formula is C66H116O25. The average molecular weight is 1310 g/mol. The van der Waals surface area contributed by atoms with Gasteiger partial charge in [-0.2, -0.15) is 0 Å². The average Bonchev–Trinajstić information content (AvgIpc) is 0.925. The molecule has 0 saturated carbocycles. The number of unbranched alkanes of at least 4 members (excludes halogenated alkanes) is 14. The molecule has 0 radical (unpaired) electrons. The zero-order valence-electron chi connectivity index (χ0n) is 55.3. The Hall–Kier alpha value is -2.35. The van der Waals surface area contributed by atoms with Gasteiger partial charge >= 0.3 is 17.9 Å². The van der Waals surface area contributed by atoms with E-state index in [1.54, 1.807) is 6.92 Å². The molecule has 6 heterocycles. The second-order valence-electron chi connectivity index (χ2n) is 26.3. The molecule has 0 aromatic carbocycles. The molecule has 9 N–H and O–H groups in total. The molecule has 0 unspecified atom stereocenters. The van der Waals surface area contributed by atoms with Crippen LogP contribution in [0.3, 0.4) is 0 Å². The maximum atomic E-state index is 14.3. The van der Waals surface area contributed by atoms with E-state index in [1.165, 1.54) is 20.8 Å². The van der Waals surface area contributed by atoms with Crippen molar-refractivity contribution in [3.05, 3.63) is 0 Å². The van der Waals surface area contributed by atoms with Crippen molar-refractivity contribution in [2.45, 2.75) is 394 Å². The number of fused-ring (bicyclic) bond motifs is 2. The van der Waals surface area contributed by atoms with E-state index >= 15 is 0 Å². The second kappa shape index (κ2) is 40.4. The largest absolute Gasteiger partial charge is 0.457 e. The summed E-state index contributed by atoms with van der Waals surface area (Å²) in [7, 11) is 0. The van der Waals surface area contributed by atoms with Crippen LogP contribution in [0.5, 0.6) is 0 Å². The SMILES string of the molecule is CCCCCCCCCC(=O)O[C@@H]1[C@@H](O[C@@H]2[C@@H](O)[C@H]3OC(=O)CCCCCCCCC[C@@H](CCCCC)O[C@@H]4O[C@@H](C)[C@H](O)[C@H](O)[C@@H]4O[C@H]3O[C@H]2C)O[C@@H](C)[C@H](O[C@H]2O[C@@H](C)[C@H](OC(=O)CCCCCCCCC)[C@@H](O)[C@@H]2O)[C@H]1O[C@H]1O[C@@H](CO)[C@H](O)[C@@H](O)[C@@H]1O. The van der Waals surface area contributed by atoms with Crippen LogP contribution < -0.4 is 0 Å². The third-order valence-corrected chi connectivity index (χ3v) is 18.7. The summed E-state index contributed by atoms with van der Waals surface area (Å²) in [5.41, 5.74) is 0. The number of ether oxygens (including phenoxy) is 13. The van der Waals surface area contributed by atoms with Crippen molar-refractivity contribution in [2.75, 3.05) is 6.61 Å². The highest BCUT2D eigenvalue weighted by Crippen LogP contribution is 2.39. The summed E-state index contributed by atoms with van der Waals surface area (Å²) in [6.07, 6.45) is -16.9. The Morgan fingerprint density at radius 1 is 0.418 bits per heavy atom. The van der Waals surface area contributed by atoms with Crippen molar-refractivity contribution in [1.29, 1.82) is 0 Å². The predicted octanol–water partition coefficient (Wildman–Crippen LogP) is 5.62. The Bertz CT molecular complexity index is 2040. The number of hydrogen-bond donors (Lipinski definition) is 9. The lowest BCUT2D eigenvalue weighted by Gasteiger charge is -2.51. The summed E-state index contributed by atoms with van der Waals surface area (Å²) in [6.45, 7) is 11.7. The number of esters is 3. The van der Waals surface area contributed by atoms with Crippen molar-refractivity contribution in [1.82, 2.24) is 0 Å². The lowest BCUT2D eigenvalue weighted by Crippen LogP contribution is -2.68. The Kier molecular flexibility index (Phi) is 34.5. The van der Waals surface area contributed by atoms with E-state index in [4.69, 9.17) is 61.6 Å². The lowest BCUT2D eigenvalue weighted by atomic mass is 9.95. The fraction of sp³-hybridized carbons (Fsp3) is 0.955. The quantitative estimate of drug-likeness (QED) is 0.0249. The van der Waals surface area contributed by atoms with Gasteiger partial charge in [0.05, 0.1) is 37.1 Å².